The lowest BCUT2D eigenvalue weighted by Crippen LogP contribution is -2.52. The summed E-state index contributed by atoms with van der Waals surface area (Å²) in [7, 11) is -4.50. The zero-order valence-electron chi connectivity index (χ0n) is 23.7. The second-order valence-corrected chi connectivity index (χ2v) is 12.8. The lowest BCUT2D eigenvalue weighted by Gasteiger charge is -2.32. The molecule has 2 atom stereocenters. The van der Waals surface area contributed by atoms with Crippen molar-refractivity contribution < 1.29 is 31.2 Å². The number of sulfonamides is 1. The second-order valence-electron chi connectivity index (χ2n) is 10.0. The van der Waals surface area contributed by atoms with E-state index in [0.717, 1.165) is 22.2 Å². The molecule has 1 N–H and O–H groups in total. The number of anilines is 1. The molecule has 0 aliphatic heterocycles. The highest BCUT2D eigenvalue weighted by Gasteiger charge is 2.35. The van der Waals surface area contributed by atoms with Crippen molar-refractivity contribution in [2.75, 3.05) is 10.8 Å². The quantitative estimate of drug-likeness (QED) is 0.260. The maximum atomic E-state index is 13.9. The average molecular weight is 669 g/mol. The van der Waals surface area contributed by atoms with E-state index >= 15 is 0 Å². The predicted octanol–water partition coefficient (Wildman–Crippen LogP) is 6.30. The van der Waals surface area contributed by atoms with Gasteiger partial charge in [0.15, 0.2) is 0 Å². The van der Waals surface area contributed by atoms with Crippen molar-refractivity contribution in [1.82, 2.24) is 10.2 Å². The van der Waals surface area contributed by atoms with Gasteiger partial charge in [-0.1, -0.05) is 58.7 Å². The van der Waals surface area contributed by atoms with Crippen LogP contribution in [0.1, 0.15) is 43.9 Å². The maximum Gasteiger partial charge on any atom is 0.416 e. The van der Waals surface area contributed by atoms with Gasteiger partial charge in [0, 0.05) is 17.1 Å². The zero-order valence-corrected chi connectivity index (χ0v) is 26.1. The van der Waals surface area contributed by atoms with Gasteiger partial charge in [0.1, 0.15) is 12.6 Å². The third-order valence-corrected chi connectivity index (χ3v) is 9.04. The lowest BCUT2D eigenvalue weighted by atomic mass is 10.1. The number of alkyl halides is 3. The fourth-order valence-corrected chi connectivity index (χ4v) is 5.94. The number of rotatable bonds is 11. The molecule has 2 amide bonds. The van der Waals surface area contributed by atoms with Gasteiger partial charge in [0.25, 0.3) is 10.0 Å². The van der Waals surface area contributed by atoms with Gasteiger partial charge < -0.3 is 10.2 Å². The number of amides is 2. The molecule has 0 aliphatic rings. The highest BCUT2D eigenvalue weighted by Crippen LogP contribution is 2.33. The van der Waals surface area contributed by atoms with Crippen LogP contribution in [-0.4, -0.2) is 43.8 Å². The van der Waals surface area contributed by atoms with Gasteiger partial charge in [-0.2, -0.15) is 13.2 Å². The Balaban J connectivity index is 2.09. The number of halogens is 4. The predicted molar refractivity (Wildman–Crippen MR) is 159 cm³/mol. The number of nitrogens with one attached hydrogen (secondary N) is 1. The van der Waals surface area contributed by atoms with E-state index in [-0.39, 0.29) is 23.2 Å². The zero-order chi connectivity index (χ0) is 31.2. The van der Waals surface area contributed by atoms with Crippen molar-refractivity contribution >= 4 is 43.5 Å². The molecule has 3 aromatic carbocycles. The first-order valence-electron chi connectivity index (χ1n) is 13.2. The molecule has 0 aromatic heterocycles. The monoisotopic (exact) mass is 667 g/mol. The van der Waals surface area contributed by atoms with Crippen molar-refractivity contribution in [3.05, 3.63) is 94.0 Å². The van der Waals surface area contributed by atoms with E-state index in [1.807, 2.05) is 13.8 Å². The number of hydrogen-bond acceptors (Lipinski definition) is 4. The third kappa shape index (κ3) is 8.34. The summed E-state index contributed by atoms with van der Waals surface area (Å²) in [5.74, 6) is -1.21. The van der Waals surface area contributed by atoms with E-state index in [1.54, 1.807) is 43.3 Å². The molecule has 0 aliphatic carbocycles. The van der Waals surface area contributed by atoms with Crippen molar-refractivity contribution in [3.8, 4) is 0 Å². The Morgan fingerprint density at radius 2 is 1.62 bits per heavy atom. The maximum absolute atomic E-state index is 13.9. The van der Waals surface area contributed by atoms with E-state index in [9.17, 15) is 31.2 Å². The summed E-state index contributed by atoms with van der Waals surface area (Å²) in [6.07, 6.45) is -4.09. The van der Waals surface area contributed by atoms with Crippen LogP contribution in [0.25, 0.3) is 0 Å². The largest absolute Gasteiger partial charge is 0.416 e. The Morgan fingerprint density at radius 3 is 2.21 bits per heavy atom. The minimum atomic E-state index is -4.74. The van der Waals surface area contributed by atoms with Crippen LogP contribution >= 0.6 is 15.9 Å². The molecule has 0 unspecified atom stereocenters. The first-order chi connectivity index (χ1) is 19.6. The molecule has 12 heteroatoms. The molecule has 0 heterocycles. The Bertz CT molecular complexity index is 1510. The lowest BCUT2D eigenvalue weighted by molar-refractivity contribution is -0.139. The fraction of sp³-hybridized carbons (Fsp3) is 0.333. The van der Waals surface area contributed by atoms with Crippen molar-refractivity contribution in [3.63, 3.8) is 0 Å². The topological polar surface area (TPSA) is 86.8 Å². The highest BCUT2D eigenvalue weighted by atomic mass is 79.9. The normalized spacial score (nSPS) is 13.2. The summed E-state index contributed by atoms with van der Waals surface area (Å²) in [6, 6.07) is 15.4. The summed E-state index contributed by atoms with van der Waals surface area (Å²) in [6.45, 7) is 6.10. The van der Waals surface area contributed by atoms with Gasteiger partial charge in [0.2, 0.25) is 11.8 Å². The van der Waals surface area contributed by atoms with Gasteiger partial charge >= 0.3 is 6.18 Å². The van der Waals surface area contributed by atoms with Crippen LogP contribution in [0, 0.1) is 6.92 Å². The van der Waals surface area contributed by atoms with Gasteiger partial charge in [-0.25, -0.2) is 8.42 Å². The van der Waals surface area contributed by atoms with Gasteiger partial charge in [0.05, 0.1) is 16.1 Å². The van der Waals surface area contributed by atoms with Crippen molar-refractivity contribution in [1.29, 1.82) is 0 Å². The van der Waals surface area contributed by atoms with Crippen LogP contribution in [-0.2, 0) is 32.3 Å². The second kappa shape index (κ2) is 13.7. The van der Waals surface area contributed by atoms with Gasteiger partial charge in [-0.3, -0.25) is 13.9 Å². The molecule has 0 spiro atoms. The third-order valence-electron chi connectivity index (χ3n) is 6.76. The summed E-state index contributed by atoms with van der Waals surface area (Å²) in [5.41, 5.74) is 0.0339. The standard InChI is InChI=1S/C30H33BrF3N3O4S/c1-5-21(3)35-29(39)22(4)36(18-23-8-6-10-25(31)16-23)28(38)19-37(26-11-7-9-24(17-26)30(32,33)34)42(40,41)27-14-12-20(2)13-15-27/h6-17,21-22H,5,18-19H2,1-4H3,(H,35,39)/t21-,22-/m1/s1. The van der Waals surface area contributed by atoms with Crippen molar-refractivity contribution in [2.45, 2.75) is 63.8 Å². The Kier molecular flexibility index (Phi) is 10.8. The van der Waals surface area contributed by atoms with Crippen LogP contribution < -0.4 is 9.62 Å². The van der Waals surface area contributed by atoms with Crippen molar-refractivity contribution in [2.24, 2.45) is 0 Å². The minimum absolute atomic E-state index is 0.0472. The van der Waals surface area contributed by atoms with E-state index < -0.39 is 46.2 Å². The Labute approximate surface area is 252 Å². The summed E-state index contributed by atoms with van der Waals surface area (Å²) < 4.78 is 69.9. The fourth-order valence-electron chi connectivity index (χ4n) is 4.08. The molecule has 0 radical (unpaired) electrons. The van der Waals surface area contributed by atoms with Crippen LogP contribution in [0.5, 0.6) is 0 Å². The number of nitrogens with zero attached hydrogens (tertiary/aromatic N) is 2. The molecular formula is C30H33BrF3N3O4S. The molecule has 0 bridgehead atoms. The number of benzene rings is 3. The number of hydrogen-bond donors (Lipinski definition) is 1. The SMILES string of the molecule is CC[C@@H](C)NC(=O)[C@@H](C)N(Cc1cccc(Br)c1)C(=O)CN(c1cccc(C(F)(F)F)c1)S(=O)(=O)c1ccc(C)cc1. The first kappa shape index (κ1) is 33.1. The molecule has 226 valence electrons. The highest BCUT2D eigenvalue weighted by molar-refractivity contribution is 9.10. The summed E-state index contributed by atoms with van der Waals surface area (Å²) in [4.78, 5) is 28.1. The number of aryl methyl sites for hydroxylation is 1. The Hall–Kier alpha value is -3.38. The molecule has 3 aromatic rings. The molecule has 42 heavy (non-hydrogen) atoms. The van der Waals surface area contributed by atoms with E-state index in [2.05, 4.69) is 21.2 Å². The Morgan fingerprint density at radius 1 is 0.976 bits per heavy atom. The van der Waals surface area contributed by atoms with Crippen LogP contribution in [0.15, 0.2) is 82.2 Å². The van der Waals surface area contributed by atoms with Gasteiger partial charge in [-0.05, 0) is 75.2 Å². The van der Waals surface area contributed by atoms with Crippen LogP contribution in [0.3, 0.4) is 0 Å². The van der Waals surface area contributed by atoms with E-state index in [1.165, 1.54) is 30.0 Å². The molecule has 0 saturated heterocycles. The van der Waals surface area contributed by atoms with E-state index in [0.29, 0.717) is 22.4 Å². The smallest absolute Gasteiger partial charge is 0.352 e. The molecule has 0 fully saturated rings. The number of carbonyl (C=O) groups is 2. The van der Waals surface area contributed by atoms with Gasteiger partial charge in [-0.15, -0.1) is 0 Å². The molecule has 3 rings (SSSR count). The molecule has 0 saturated carbocycles. The summed E-state index contributed by atoms with van der Waals surface area (Å²) >= 11 is 3.39. The first-order valence-corrected chi connectivity index (χ1v) is 15.5. The number of carbonyl (C=O) groups excluding carboxylic acids is 2. The average Bonchev–Trinajstić information content (AvgIpc) is 2.93. The minimum Gasteiger partial charge on any atom is -0.352 e. The summed E-state index contributed by atoms with van der Waals surface area (Å²) in [5, 5.41) is 2.83. The van der Waals surface area contributed by atoms with E-state index in [4.69, 9.17) is 0 Å². The molecule has 7 nitrogen and oxygen atoms in total. The van der Waals surface area contributed by atoms with Crippen LogP contribution in [0.2, 0.25) is 0 Å². The molecular weight excluding hydrogens is 635 g/mol. The van der Waals surface area contributed by atoms with Crippen LogP contribution in [0.4, 0.5) is 18.9 Å².